The van der Waals surface area contributed by atoms with E-state index in [1.165, 1.54) is 39.5 Å². The van der Waals surface area contributed by atoms with Gasteiger partial charge >= 0.3 is 5.92 Å². The minimum absolute atomic E-state index is 0.0406. The first kappa shape index (κ1) is 21.2. The molecule has 0 aliphatic rings. The van der Waals surface area contributed by atoms with Crippen molar-refractivity contribution in [2.45, 2.75) is 19.8 Å². The highest BCUT2D eigenvalue weighted by atomic mass is 19.3. The van der Waals surface area contributed by atoms with Crippen LogP contribution in [0.2, 0.25) is 0 Å². The first-order valence-corrected chi connectivity index (χ1v) is 8.20. The van der Waals surface area contributed by atoms with Crippen LogP contribution < -0.4 is 20.1 Å². The van der Waals surface area contributed by atoms with Gasteiger partial charge in [0.25, 0.3) is 0 Å². The van der Waals surface area contributed by atoms with Crippen molar-refractivity contribution in [2.75, 3.05) is 38.1 Å². The molecular weight excluding hydrogens is 376 g/mol. The number of carbonyl (C=O) groups excluding carboxylic acids is 1. The molecule has 1 amide bonds. The van der Waals surface area contributed by atoms with Crippen molar-refractivity contribution in [3.63, 3.8) is 0 Å². The third-order valence-corrected chi connectivity index (χ3v) is 3.29. The van der Waals surface area contributed by atoms with E-state index in [2.05, 4.69) is 25.6 Å². The van der Waals surface area contributed by atoms with E-state index in [-0.39, 0.29) is 36.6 Å². The fourth-order valence-corrected chi connectivity index (χ4v) is 2.08. The Labute approximate surface area is 160 Å². The van der Waals surface area contributed by atoms with Gasteiger partial charge in [-0.3, -0.25) is 4.79 Å². The molecule has 2 aromatic heterocycles. The third kappa shape index (κ3) is 5.98. The van der Waals surface area contributed by atoms with Gasteiger partial charge in [0.1, 0.15) is 18.2 Å². The molecule has 0 bridgehead atoms. The van der Waals surface area contributed by atoms with E-state index in [9.17, 15) is 13.6 Å². The summed E-state index contributed by atoms with van der Waals surface area (Å²) in [5.74, 6) is -3.71. The van der Waals surface area contributed by atoms with Crippen LogP contribution in [0.15, 0.2) is 18.3 Å². The molecule has 2 heterocycles. The lowest BCUT2D eigenvalue weighted by molar-refractivity contribution is -0.114. The topological polar surface area (TPSA) is 107 Å². The smallest absolute Gasteiger partial charge is 0.304 e. The number of anilines is 3. The quantitative estimate of drug-likeness (QED) is 0.622. The van der Waals surface area contributed by atoms with Crippen molar-refractivity contribution in [3.05, 3.63) is 24.2 Å². The highest BCUT2D eigenvalue weighted by Crippen LogP contribution is 2.31. The molecular formula is C17H21F2N5O4. The number of ether oxygens (including phenoxy) is 3. The van der Waals surface area contributed by atoms with Crippen LogP contribution in [-0.2, 0) is 15.5 Å². The van der Waals surface area contributed by atoms with Crippen LogP contribution in [0.4, 0.5) is 26.1 Å². The number of nitrogens with zero attached hydrogens (tertiary/aromatic N) is 3. The van der Waals surface area contributed by atoms with Crippen molar-refractivity contribution < 1.29 is 27.8 Å². The maximum Gasteiger partial charge on any atom is 0.304 e. The Bertz CT molecular complexity index is 830. The summed E-state index contributed by atoms with van der Waals surface area (Å²) in [5.41, 5.74) is 0.355. The number of aromatic nitrogens is 3. The van der Waals surface area contributed by atoms with Crippen molar-refractivity contribution in [1.82, 2.24) is 15.0 Å². The van der Waals surface area contributed by atoms with Gasteiger partial charge in [-0.2, -0.15) is 13.8 Å². The molecule has 0 atom stereocenters. The summed E-state index contributed by atoms with van der Waals surface area (Å²) in [7, 11) is 2.91. The maximum atomic E-state index is 13.8. The molecule has 9 nitrogen and oxygen atoms in total. The van der Waals surface area contributed by atoms with Crippen LogP contribution in [0, 0.1) is 0 Å². The Morgan fingerprint density at radius 1 is 1.18 bits per heavy atom. The number of alkyl halides is 2. The highest BCUT2D eigenvalue weighted by molar-refractivity contribution is 5.88. The first-order valence-electron chi connectivity index (χ1n) is 8.20. The van der Waals surface area contributed by atoms with Gasteiger partial charge in [0, 0.05) is 33.1 Å². The molecule has 2 N–H and O–H groups in total. The molecule has 2 aromatic rings. The predicted octanol–water partition coefficient (Wildman–Crippen LogP) is 2.72. The number of nitrogens with one attached hydrogen (secondary N) is 2. The third-order valence-electron chi connectivity index (χ3n) is 3.29. The Balaban J connectivity index is 2.38. The minimum atomic E-state index is -3.28. The molecule has 0 saturated carbocycles. The van der Waals surface area contributed by atoms with Gasteiger partial charge in [0.05, 0.1) is 25.6 Å². The van der Waals surface area contributed by atoms with Gasteiger partial charge in [-0.15, -0.1) is 0 Å². The van der Waals surface area contributed by atoms with Crippen molar-refractivity contribution in [2.24, 2.45) is 0 Å². The van der Waals surface area contributed by atoms with Crippen LogP contribution in [0.3, 0.4) is 0 Å². The molecule has 0 aromatic carbocycles. The normalized spacial score (nSPS) is 11.1. The molecule has 0 spiro atoms. The van der Waals surface area contributed by atoms with Crippen LogP contribution in [0.25, 0.3) is 0 Å². The van der Waals surface area contributed by atoms with E-state index in [1.807, 2.05) is 0 Å². The maximum absolute atomic E-state index is 13.8. The second-order valence-electron chi connectivity index (χ2n) is 5.72. The molecule has 0 aliphatic heterocycles. The van der Waals surface area contributed by atoms with Crippen LogP contribution >= 0.6 is 0 Å². The minimum Gasteiger partial charge on any atom is -0.493 e. The lowest BCUT2D eigenvalue weighted by Gasteiger charge is -2.15. The molecule has 11 heteroatoms. The first-order chi connectivity index (χ1) is 13.2. The summed E-state index contributed by atoms with van der Waals surface area (Å²) in [6, 6.07) is 2.85. The Morgan fingerprint density at radius 2 is 1.93 bits per heavy atom. The van der Waals surface area contributed by atoms with E-state index in [1.54, 1.807) is 0 Å². The second-order valence-corrected chi connectivity index (χ2v) is 5.72. The highest BCUT2D eigenvalue weighted by Gasteiger charge is 2.29. The summed E-state index contributed by atoms with van der Waals surface area (Å²) in [6.07, 6.45) is 1.38. The summed E-state index contributed by atoms with van der Waals surface area (Å²) < 4.78 is 43.0. The predicted molar refractivity (Wildman–Crippen MR) is 97.3 cm³/mol. The van der Waals surface area contributed by atoms with Crippen molar-refractivity contribution in [1.29, 1.82) is 0 Å². The van der Waals surface area contributed by atoms with Crippen LogP contribution in [-0.4, -0.2) is 48.3 Å². The number of methoxy groups -OCH3 is 2. The number of hydrogen-bond donors (Lipinski definition) is 2. The van der Waals surface area contributed by atoms with Crippen LogP contribution in [0.5, 0.6) is 11.6 Å². The molecule has 0 fully saturated rings. The number of carbonyl (C=O) groups is 1. The number of pyridine rings is 1. The SMILES string of the molecule is COCCOc1cc(Nc2cc(NC(C)=O)ncc2OC)nc(C(C)(F)F)n1. The van der Waals surface area contributed by atoms with Gasteiger partial charge in [0.15, 0.2) is 5.75 Å². The van der Waals surface area contributed by atoms with Crippen molar-refractivity contribution in [3.8, 4) is 11.6 Å². The Hall–Kier alpha value is -3.08. The molecule has 152 valence electrons. The van der Waals surface area contributed by atoms with Crippen LogP contribution in [0.1, 0.15) is 19.7 Å². The van der Waals surface area contributed by atoms with Gasteiger partial charge in [-0.1, -0.05) is 0 Å². The zero-order chi connectivity index (χ0) is 20.7. The molecule has 0 saturated heterocycles. The van der Waals surface area contributed by atoms with E-state index in [0.29, 0.717) is 18.4 Å². The monoisotopic (exact) mass is 397 g/mol. The summed E-state index contributed by atoms with van der Waals surface area (Å²) in [6.45, 7) is 2.42. The largest absolute Gasteiger partial charge is 0.493 e. The summed E-state index contributed by atoms with van der Waals surface area (Å²) in [4.78, 5) is 22.8. The van der Waals surface area contributed by atoms with Gasteiger partial charge in [-0.05, 0) is 0 Å². The lowest BCUT2D eigenvalue weighted by atomic mass is 10.3. The second kappa shape index (κ2) is 9.22. The standard InChI is InChI=1S/C17H21F2N5O4/c1-10(25)21-13-7-11(12(27-4)9-20-13)22-14-8-15(28-6-5-26-3)24-16(23-14)17(2,18)19/h7-9H,5-6H2,1-4H3,(H2,20,21,22,23,24,25). The fourth-order valence-electron chi connectivity index (χ4n) is 2.08. The van der Waals surface area contributed by atoms with Gasteiger partial charge < -0.3 is 24.8 Å². The summed E-state index contributed by atoms with van der Waals surface area (Å²) in [5, 5.41) is 5.40. The number of hydrogen-bond acceptors (Lipinski definition) is 8. The average Bonchev–Trinajstić information content (AvgIpc) is 2.61. The zero-order valence-corrected chi connectivity index (χ0v) is 15.9. The van der Waals surface area contributed by atoms with E-state index >= 15 is 0 Å². The van der Waals surface area contributed by atoms with E-state index < -0.39 is 11.7 Å². The molecule has 2 rings (SSSR count). The van der Waals surface area contributed by atoms with Gasteiger partial charge in [-0.25, -0.2) is 9.97 Å². The van der Waals surface area contributed by atoms with Crippen molar-refractivity contribution >= 4 is 23.2 Å². The number of amides is 1. The molecule has 0 aliphatic carbocycles. The molecule has 0 unspecified atom stereocenters. The zero-order valence-electron chi connectivity index (χ0n) is 15.9. The average molecular weight is 397 g/mol. The number of halogens is 2. The summed E-state index contributed by atoms with van der Waals surface area (Å²) >= 11 is 0. The molecule has 0 radical (unpaired) electrons. The Kier molecular flexibility index (Phi) is 6.99. The fraction of sp³-hybridized carbons (Fsp3) is 0.412. The Morgan fingerprint density at radius 3 is 2.54 bits per heavy atom. The van der Waals surface area contributed by atoms with E-state index in [0.717, 1.165) is 0 Å². The van der Waals surface area contributed by atoms with Gasteiger partial charge in [0.2, 0.25) is 17.6 Å². The lowest BCUT2D eigenvalue weighted by Crippen LogP contribution is -2.16. The number of rotatable bonds is 9. The molecule has 28 heavy (non-hydrogen) atoms. The van der Waals surface area contributed by atoms with E-state index in [4.69, 9.17) is 14.2 Å².